The maximum Gasteiger partial charge on any atom is 0.269 e. The average molecular weight is 284 g/mol. The first-order valence-electron chi connectivity index (χ1n) is 6.34. The highest BCUT2D eigenvalue weighted by Crippen LogP contribution is 2.11. The number of para-hydroxylation sites is 1. The van der Waals surface area contributed by atoms with Crippen molar-refractivity contribution in [1.29, 1.82) is 0 Å². The lowest BCUT2D eigenvalue weighted by molar-refractivity contribution is 0.0952. The Hall–Kier alpha value is -2.78. The van der Waals surface area contributed by atoms with Gasteiger partial charge in [0.15, 0.2) is 0 Å². The summed E-state index contributed by atoms with van der Waals surface area (Å²) in [4.78, 5) is 11.7. The first-order chi connectivity index (χ1) is 10.1. The van der Waals surface area contributed by atoms with Gasteiger partial charge in [0.25, 0.3) is 5.91 Å². The van der Waals surface area contributed by atoms with Crippen LogP contribution in [0.3, 0.4) is 0 Å². The quantitative estimate of drug-likeness (QED) is 0.377. The molecule has 1 aromatic carbocycles. The van der Waals surface area contributed by atoms with Crippen molar-refractivity contribution in [2.45, 2.75) is 6.92 Å². The van der Waals surface area contributed by atoms with Crippen LogP contribution < -0.4 is 16.0 Å². The Kier molecular flexibility index (Phi) is 4.59. The number of amides is 1. The molecule has 0 radical (unpaired) electrons. The topological polar surface area (TPSA) is 82.2 Å². The fraction of sp³-hybridized carbons (Fsp3) is 0.200. The maximum atomic E-state index is 11.7. The molecule has 2 rings (SSSR count). The van der Waals surface area contributed by atoms with Crippen molar-refractivity contribution < 1.29 is 9.53 Å². The minimum Gasteiger partial charge on any atom is -0.481 e. The molecule has 1 amide bonds. The second-order valence-electron chi connectivity index (χ2n) is 4.31. The number of aromatic nitrogens is 2. The number of nitrogens with zero attached hydrogens (tertiary/aromatic N) is 2. The molecule has 2 aromatic rings. The largest absolute Gasteiger partial charge is 0.481 e. The van der Waals surface area contributed by atoms with Crippen molar-refractivity contribution in [2.24, 2.45) is 12.9 Å². The average Bonchev–Trinajstić information content (AvgIpc) is 2.79. The summed E-state index contributed by atoms with van der Waals surface area (Å²) in [5.74, 6) is 11.2. The van der Waals surface area contributed by atoms with Crippen LogP contribution in [0.1, 0.15) is 21.7 Å². The van der Waals surface area contributed by atoms with Crippen LogP contribution in [-0.4, -0.2) is 22.3 Å². The van der Waals surface area contributed by atoms with Crippen LogP contribution in [0, 0.1) is 18.8 Å². The van der Waals surface area contributed by atoms with Crippen molar-refractivity contribution >= 4 is 5.91 Å². The van der Waals surface area contributed by atoms with E-state index in [1.54, 1.807) is 18.7 Å². The Balaban J connectivity index is 2.12. The summed E-state index contributed by atoms with van der Waals surface area (Å²) in [7, 11) is 1.74. The van der Waals surface area contributed by atoms with E-state index in [4.69, 9.17) is 10.6 Å². The van der Waals surface area contributed by atoms with Gasteiger partial charge in [-0.1, -0.05) is 24.1 Å². The van der Waals surface area contributed by atoms with Crippen molar-refractivity contribution in [2.75, 3.05) is 6.61 Å². The molecule has 0 fully saturated rings. The lowest BCUT2D eigenvalue weighted by atomic mass is 10.2. The molecule has 0 aliphatic carbocycles. The van der Waals surface area contributed by atoms with Gasteiger partial charge in [-0.25, -0.2) is 5.84 Å². The van der Waals surface area contributed by atoms with Crippen molar-refractivity contribution in [1.82, 2.24) is 15.2 Å². The van der Waals surface area contributed by atoms with Crippen LogP contribution in [0.4, 0.5) is 0 Å². The van der Waals surface area contributed by atoms with Gasteiger partial charge in [-0.15, -0.1) is 0 Å². The normalized spacial score (nSPS) is 9.67. The van der Waals surface area contributed by atoms with Crippen molar-refractivity contribution in [3.63, 3.8) is 0 Å². The highest BCUT2D eigenvalue weighted by molar-refractivity contribution is 5.97. The zero-order valence-corrected chi connectivity index (χ0v) is 11.9. The molecule has 1 heterocycles. The van der Waals surface area contributed by atoms with Crippen LogP contribution in [-0.2, 0) is 7.05 Å². The molecule has 0 unspecified atom stereocenters. The third kappa shape index (κ3) is 3.41. The van der Waals surface area contributed by atoms with Gasteiger partial charge in [0.05, 0.1) is 5.56 Å². The number of hydrogen-bond donors (Lipinski definition) is 2. The molecule has 0 saturated heterocycles. The van der Waals surface area contributed by atoms with Crippen LogP contribution in [0.15, 0.2) is 30.3 Å². The van der Waals surface area contributed by atoms with E-state index in [2.05, 4.69) is 22.4 Å². The van der Waals surface area contributed by atoms with Crippen molar-refractivity contribution in [3.8, 4) is 17.6 Å². The van der Waals surface area contributed by atoms with Gasteiger partial charge in [-0.3, -0.25) is 14.9 Å². The van der Waals surface area contributed by atoms with Crippen LogP contribution >= 0.6 is 0 Å². The Bertz CT molecular complexity index is 696. The number of ether oxygens (including phenoxy) is 1. The van der Waals surface area contributed by atoms with E-state index < -0.39 is 5.91 Å². The second-order valence-corrected chi connectivity index (χ2v) is 4.31. The van der Waals surface area contributed by atoms with Crippen molar-refractivity contribution in [3.05, 3.63) is 47.3 Å². The number of aryl methyl sites for hydroxylation is 1. The summed E-state index contributed by atoms with van der Waals surface area (Å²) in [5, 5.41) is 4.19. The van der Waals surface area contributed by atoms with E-state index in [0.29, 0.717) is 17.0 Å². The Morgan fingerprint density at radius 2 is 2.14 bits per heavy atom. The number of hydrogen-bond acceptors (Lipinski definition) is 4. The predicted octanol–water partition coefficient (Wildman–Crippen LogP) is 0.763. The fourth-order valence-corrected chi connectivity index (χ4v) is 1.80. The zero-order chi connectivity index (χ0) is 15.2. The van der Waals surface area contributed by atoms with Gasteiger partial charge in [0, 0.05) is 12.7 Å². The molecule has 0 bridgehead atoms. The smallest absolute Gasteiger partial charge is 0.269 e. The number of carbonyl (C=O) groups is 1. The lowest BCUT2D eigenvalue weighted by Gasteiger charge is -2.00. The lowest BCUT2D eigenvalue weighted by Crippen LogP contribution is -2.30. The van der Waals surface area contributed by atoms with E-state index in [0.717, 1.165) is 5.75 Å². The summed E-state index contributed by atoms with van der Waals surface area (Å²) in [6.07, 6.45) is 0. The summed E-state index contributed by atoms with van der Waals surface area (Å²) < 4.78 is 7.05. The Morgan fingerprint density at radius 3 is 2.81 bits per heavy atom. The summed E-state index contributed by atoms with van der Waals surface area (Å²) in [6, 6.07) is 9.37. The molecule has 3 N–H and O–H groups in total. The third-order valence-electron chi connectivity index (χ3n) is 2.95. The van der Waals surface area contributed by atoms with Crippen LogP contribution in [0.5, 0.6) is 5.75 Å². The van der Waals surface area contributed by atoms with Gasteiger partial charge in [0.2, 0.25) is 0 Å². The fourth-order valence-electron chi connectivity index (χ4n) is 1.80. The standard InChI is InChI=1S/C15H16N4O2/c1-11-14(15(20)17-16)13(18-19(11)2)9-6-10-21-12-7-4-3-5-8-12/h3-5,7-8H,10,16H2,1-2H3,(H,17,20). The van der Waals surface area contributed by atoms with E-state index in [-0.39, 0.29) is 6.61 Å². The molecule has 1 aromatic heterocycles. The molecule has 6 heteroatoms. The minimum absolute atomic E-state index is 0.212. The first kappa shape index (κ1) is 14.6. The third-order valence-corrected chi connectivity index (χ3v) is 2.95. The number of nitrogens with one attached hydrogen (secondary N) is 1. The van der Waals surface area contributed by atoms with E-state index in [9.17, 15) is 4.79 Å². The Labute approximate surface area is 122 Å². The number of benzene rings is 1. The number of nitrogen functional groups attached to an aromatic ring is 1. The molecule has 6 nitrogen and oxygen atoms in total. The number of hydrazine groups is 1. The minimum atomic E-state index is -0.408. The van der Waals surface area contributed by atoms with Gasteiger partial charge in [0.1, 0.15) is 18.1 Å². The number of rotatable bonds is 3. The van der Waals surface area contributed by atoms with Crippen LogP contribution in [0.25, 0.3) is 0 Å². The van der Waals surface area contributed by atoms with E-state index in [1.807, 2.05) is 30.3 Å². The van der Waals surface area contributed by atoms with Gasteiger partial charge < -0.3 is 4.74 Å². The molecule has 0 aliphatic heterocycles. The van der Waals surface area contributed by atoms with E-state index in [1.165, 1.54) is 0 Å². The molecule has 0 atom stereocenters. The SMILES string of the molecule is Cc1c(C(=O)NN)c(C#CCOc2ccccc2)nn1C. The van der Waals surface area contributed by atoms with Crippen LogP contribution in [0.2, 0.25) is 0 Å². The Morgan fingerprint density at radius 1 is 1.43 bits per heavy atom. The summed E-state index contributed by atoms with van der Waals surface area (Å²) in [5.41, 5.74) is 3.57. The monoisotopic (exact) mass is 284 g/mol. The number of nitrogens with two attached hydrogens (primary N) is 1. The second kappa shape index (κ2) is 6.59. The van der Waals surface area contributed by atoms with Gasteiger partial charge in [-0.05, 0) is 25.0 Å². The maximum absolute atomic E-state index is 11.7. The number of carbonyl (C=O) groups excluding carboxylic acids is 1. The molecule has 0 aliphatic rings. The molecular formula is C15H16N4O2. The van der Waals surface area contributed by atoms with E-state index >= 15 is 0 Å². The zero-order valence-electron chi connectivity index (χ0n) is 11.9. The van der Waals surface area contributed by atoms with Gasteiger partial charge in [-0.2, -0.15) is 5.10 Å². The molecule has 0 spiro atoms. The highest BCUT2D eigenvalue weighted by Gasteiger charge is 2.17. The molecular weight excluding hydrogens is 268 g/mol. The highest BCUT2D eigenvalue weighted by atomic mass is 16.5. The predicted molar refractivity (Wildman–Crippen MR) is 78.4 cm³/mol. The molecule has 0 saturated carbocycles. The first-order valence-corrected chi connectivity index (χ1v) is 6.34. The van der Waals surface area contributed by atoms with Gasteiger partial charge >= 0.3 is 0 Å². The molecule has 21 heavy (non-hydrogen) atoms. The summed E-state index contributed by atoms with van der Waals surface area (Å²) in [6.45, 7) is 1.99. The summed E-state index contributed by atoms with van der Waals surface area (Å²) >= 11 is 0. The molecule has 108 valence electrons.